The zero-order valence-corrected chi connectivity index (χ0v) is 16.9. The zero-order valence-electron chi connectivity index (χ0n) is 15.4. The van der Waals surface area contributed by atoms with Gasteiger partial charge in [-0.25, -0.2) is 9.97 Å². The summed E-state index contributed by atoms with van der Waals surface area (Å²) in [6, 6.07) is 12.7. The van der Waals surface area contributed by atoms with Crippen molar-refractivity contribution in [3.63, 3.8) is 0 Å². The summed E-state index contributed by atoms with van der Waals surface area (Å²) >= 11 is 7.44. The van der Waals surface area contributed by atoms with Crippen LogP contribution >= 0.6 is 23.4 Å². The first-order valence-corrected chi connectivity index (χ1v) is 10.1. The molecule has 0 bridgehead atoms. The van der Waals surface area contributed by atoms with Crippen LogP contribution in [-0.2, 0) is 11.7 Å². The monoisotopic (exact) mass is 438 g/mol. The van der Waals surface area contributed by atoms with Crippen molar-refractivity contribution in [1.29, 1.82) is 0 Å². The van der Waals surface area contributed by atoms with Crippen LogP contribution in [0.2, 0.25) is 5.02 Å². The van der Waals surface area contributed by atoms with E-state index in [4.69, 9.17) is 23.1 Å². The summed E-state index contributed by atoms with van der Waals surface area (Å²) < 4.78 is 38.8. The molecule has 0 aliphatic rings. The number of halogens is 4. The van der Waals surface area contributed by atoms with E-state index in [1.54, 1.807) is 17.8 Å². The van der Waals surface area contributed by atoms with Crippen molar-refractivity contribution < 1.29 is 13.2 Å². The minimum atomic E-state index is -4.53. The molecule has 4 N–H and O–H groups in total. The van der Waals surface area contributed by atoms with Gasteiger partial charge in [0.05, 0.1) is 27.5 Å². The second-order valence-corrected chi connectivity index (χ2v) is 7.67. The number of aromatic nitrogens is 2. The van der Waals surface area contributed by atoms with E-state index in [1.165, 1.54) is 18.5 Å². The standard InChI is InChI=1S/C20H18ClF3N4S/c1-29-14-5-3-13(4-6-14)19(26,10-25)18-9-17(27-11-28-18)12-2-7-15(16(21)8-12)20(22,23)24/h2-9,11H,10,25-26H2,1H3. The average molecular weight is 439 g/mol. The summed E-state index contributed by atoms with van der Waals surface area (Å²) in [6.07, 6.45) is -1.25. The Hall–Kier alpha value is -2.13. The molecule has 0 spiro atoms. The van der Waals surface area contributed by atoms with Gasteiger partial charge in [0.15, 0.2) is 0 Å². The van der Waals surface area contributed by atoms with E-state index in [9.17, 15) is 13.2 Å². The fourth-order valence-electron chi connectivity index (χ4n) is 2.92. The topological polar surface area (TPSA) is 77.8 Å². The van der Waals surface area contributed by atoms with Crippen molar-refractivity contribution in [2.24, 2.45) is 11.5 Å². The highest BCUT2D eigenvalue weighted by Crippen LogP contribution is 2.37. The molecule has 1 atom stereocenters. The zero-order chi connectivity index (χ0) is 21.2. The Morgan fingerprint density at radius 1 is 1.03 bits per heavy atom. The smallest absolute Gasteiger partial charge is 0.328 e. The highest BCUT2D eigenvalue weighted by molar-refractivity contribution is 7.98. The van der Waals surface area contributed by atoms with Crippen molar-refractivity contribution in [3.05, 3.63) is 76.7 Å². The summed E-state index contributed by atoms with van der Waals surface area (Å²) in [6.45, 7) is 0.0792. The number of hydrogen-bond acceptors (Lipinski definition) is 5. The molecule has 0 fully saturated rings. The van der Waals surface area contributed by atoms with Gasteiger partial charge in [0.25, 0.3) is 0 Å². The molecule has 1 unspecified atom stereocenters. The van der Waals surface area contributed by atoms with E-state index in [-0.39, 0.29) is 6.54 Å². The van der Waals surface area contributed by atoms with E-state index in [0.29, 0.717) is 17.0 Å². The van der Waals surface area contributed by atoms with Crippen LogP contribution < -0.4 is 11.5 Å². The molecule has 29 heavy (non-hydrogen) atoms. The first kappa shape index (κ1) is 21.6. The minimum absolute atomic E-state index is 0.0792. The summed E-state index contributed by atoms with van der Waals surface area (Å²) in [4.78, 5) is 9.51. The maximum atomic E-state index is 12.9. The molecule has 0 amide bonds. The maximum absolute atomic E-state index is 12.9. The number of nitrogens with two attached hydrogens (primary N) is 2. The van der Waals surface area contributed by atoms with Gasteiger partial charge in [-0.05, 0) is 42.2 Å². The van der Waals surface area contributed by atoms with Gasteiger partial charge in [-0.1, -0.05) is 29.8 Å². The molecule has 0 radical (unpaired) electrons. The quantitative estimate of drug-likeness (QED) is 0.564. The van der Waals surface area contributed by atoms with Crippen LogP contribution in [-0.4, -0.2) is 22.8 Å². The lowest BCUT2D eigenvalue weighted by Crippen LogP contribution is -2.45. The highest BCUT2D eigenvalue weighted by atomic mass is 35.5. The first-order chi connectivity index (χ1) is 13.7. The van der Waals surface area contributed by atoms with E-state index in [1.807, 2.05) is 30.5 Å². The van der Waals surface area contributed by atoms with Gasteiger partial charge in [-0.3, -0.25) is 0 Å². The molecule has 4 nitrogen and oxygen atoms in total. The molecule has 152 valence electrons. The van der Waals surface area contributed by atoms with Crippen LogP contribution in [0, 0.1) is 0 Å². The van der Waals surface area contributed by atoms with Gasteiger partial charge >= 0.3 is 6.18 Å². The summed E-state index contributed by atoms with van der Waals surface area (Å²) in [7, 11) is 0. The van der Waals surface area contributed by atoms with Crippen LogP contribution in [0.3, 0.4) is 0 Å². The lowest BCUT2D eigenvalue weighted by atomic mass is 9.87. The Balaban J connectivity index is 2.03. The minimum Gasteiger partial charge on any atom is -0.328 e. The summed E-state index contributed by atoms with van der Waals surface area (Å²) in [5, 5.41) is -0.402. The lowest BCUT2D eigenvalue weighted by Gasteiger charge is -2.28. The first-order valence-electron chi connectivity index (χ1n) is 8.52. The van der Waals surface area contributed by atoms with Crippen LogP contribution in [0.15, 0.2) is 59.8 Å². The van der Waals surface area contributed by atoms with Crippen molar-refractivity contribution in [3.8, 4) is 11.3 Å². The lowest BCUT2D eigenvalue weighted by molar-refractivity contribution is -0.137. The van der Waals surface area contributed by atoms with Gasteiger partial charge in [-0.15, -0.1) is 11.8 Å². The summed E-state index contributed by atoms with van der Waals surface area (Å²) in [5.41, 5.74) is 12.6. The third-order valence-electron chi connectivity index (χ3n) is 4.62. The maximum Gasteiger partial charge on any atom is 0.417 e. The van der Waals surface area contributed by atoms with Crippen molar-refractivity contribution in [1.82, 2.24) is 9.97 Å². The second-order valence-electron chi connectivity index (χ2n) is 6.38. The molecule has 0 aliphatic carbocycles. The molecule has 1 heterocycles. The Morgan fingerprint density at radius 3 is 2.28 bits per heavy atom. The van der Waals surface area contributed by atoms with Gasteiger partial charge < -0.3 is 11.5 Å². The Labute approximate surface area is 175 Å². The van der Waals surface area contributed by atoms with Crippen molar-refractivity contribution in [2.45, 2.75) is 16.6 Å². The van der Waals surface area contributed by atoms with E-state index >= 15 is 0 Å². The molecule has 0 saturated carbocycles. The van der Waals surface area contributed by atoms with Crippen LogP contribution in [0.4, 0.5) is 13.2 Å². The SMILES string of the molecule is CSc1ccc(C(N)(CN)c2cc(-c3ccc(C(F)(F)F)c(Cl)c3)ncn2)cc1. The number of benzene rings is 2. The third-order valence-corrected chi connectivity index (χ3v) is 5.68. The molecule has 2 aromatic carbocycles. The molecule has 9 heteroatoms. The van der Waals surface area contributed by atoms with Gasteiger partial charge in [0, 0.05) is 17.0 Å². The third kappa shape index (κ3) is 4.40. The summed E-state index contributed by atoms with van der Waals surface area (Å²) in [5.74, 6) is 0. The fourth-order valence-corrected chi connectivity index (χ4v) is 3.62. The van der Waals surface area contributed by atoms with Crippen LogP contribution in [0.5, 0.6) is 0 Å². The Kier molecular flexibility index (Phi) is 6.19. The van der Waals surface area contributed by atoms with Crippen molar-refractivity contribution in [2.75, 3.05) is 12.8 Å². The normalized spacial score (nSPS) is 13.9. The Bertz CT molecular complexity index is 1010. The van der Waals surface area contributed by atoms with E-state index < -0.39 is 22.3 Å². The van der Waals surface area contributed by atoms with Gasteiger partial charge in [0.1, 0.15) is 6.33 Å². The molecular weight excluding hydrogens is 421 g/mol. The molecule has 1 aromatic heterocycles. The van der Waals surface area contributed by atoms with Crippen LogP contribution in [0.25, 0.3) is 11.3 Å². The Morgan fingerprint density at radius 2 is 1.72 bits per heavy atom. The number of alkyl halides is 3. The molecule has 3 rings (SSSR count). The second kappa shape index (κ2) is 8.31. The van der Waals surface area contributed by atoms with Gasteiger partial charge in [0.2, 0.25) is 0 Å². The predicted octanol–water partition coefficient (Wildman–Crippen LogP) is 4.70. The predicted molar refractivity (Wildman–Crippen MR) is 110 cm³/mol. The number of rotatable bonds is 5. The van der Waals surface area contributed by atoms with Crippen molar-refractivity contribution >= 4 is 23.4 Å². The van der Waals surface area contributed by atoms with Gasteiger partial charge in [-0.2, -0.15) is 13.2 Å². The van der Waals surface area contributed by atoms with Crippen LogP contribution in [0.1, 0.15) is 16.8 Å². The fraction of sp³-hybridized carbons (Fsp3) is 0.200. The average Bonchev–Trinajstić information content (AvgIpc) is 2.72. The van der Waals surface area contributed by atoms with E-state index in [2.05, 4.69) is 9.97 Å². The molecule has 0 saturated heterocycles. The number of thioether (sulfide) groups is 1. The largest absolute Gasteiger partial charge is 0.417 e. The molecule has 0 aliphatic heterocycles. The molecule has 3 aromatic rings. The highest BCUT2D eigenvalue weighted by Gasteiger charge is 2.33. The number of nitrogens with zero attached hydrogens (tertiary/aromatic N) is 2. The molecular formula is C20H18ClF3N4S. The number of hydrogen-bond donors (Lipinski definition) is 2. The van der Waals surface area contributed by atoms with E-state index in [0.717, 1.165) is 16.5 Å².